The van der Waals surface area contributed by atoms with Crippen molar-refractivity contribution in [1.29, 1.82) is 0 Å². The minimum Gasteiger partial charge on any atom is -0.507 e. The standard InChI is InChI=1S/C19H10N2O3S/c22-11-8-13-17(21-10-5-1-2-6-12(10)25-13)15-14(11)19(24)16-9(18(15)23)4-3-7-20-16/h1-8,21-22H. The highest BCUT2D eigenvalue weighted by Gasteiger charge is 2.18. The van der Waals surface area contributed by atoms with Gasteiger partial charge in [-0.3, -0.25) is 14.6 Å². The third-order valence-corrected chi connectivity index (χ3v) is 5.48. The molecule has 0 saturated carbocycles. The van der Waals surface area contributed by atoms with Crippen molar-refractivity contribution in [2.24, 2.45) is 0 Å². The lowest BCUT2D eigenvalue weighted by Gasteiger charge is -2.08. The van der Waals surface area contributed by atoms with Gasteiger partial charge in [0.1, 0.15) is 11.3 Å². The molecule has 0 saturated heterocycles. The van der Waals surface area contributed by atoms with E-state index in [4.69, 9.17) is 0 Å². The molecule has 0 fully saturated rings. The van der Waals surface area contributed by atoms with Crippen LogP contribution in [0.1, 0.15) is 0 Å². The predicted octanol–water partition coefficient (Wildman–Crippen LogP) is 3.51. The molecular weight excluding hydrogens is 336 g/mol. The van der Waals surface area contributed by atoms with Gasteiger partial charge in [0.25, 0.3) is 0 Å². The van der Waals surface area contributed by atoms with Crippen molar-refractivity contribution in [2.75, 3.05) is 0 Å². The second-order valence-corrected chi connectivity index (χ2v) is 6.88. The van der Waals surface area contributed by atoms with E-state index < -0.39 is 5.43 Å². The maximum atomic E-state index is 13.0. The number of phenols is 1. The molecule has 120 valence electrons. The zero-order chi connectivity index (χ0) is 17.1. The molecule has 0 aliphatic carbocycles. The maximum Gasteiger partial charge on any atom is 0.216 e. The summed E-state index contributed by atoms with van der Waals surface area (Å²) in [6.07, 6.45) is 1.47. The summed E-state index contributed by atoms with van der Waals surface area (Å²) in [6.45, 7) is 0. The highest BCUT2D eigenvalue weighted by Crippen LogP contribution is 2.33. The Balaban J connectivity index is 2.17. The van der Waals surface area contributed by atoms with Crippen molar-refractivity contribution in [3.05, 3.63) is 69.1 Å². The van der Waals surface area contributed by atoms with Crippen LogP contribution in [0.15, 0.2) is 58.3 Å². The summed E-state index contributed by atoms with van der Waals surface area (Å²) in [5.41, 5.74) is 0.766. The van der Waals surface area contributed by atoms with E-state index in [2.05, 4.69) is 9.97 Å². The van der Waals surface area contributed by atoms with Crippen LogP contribution >= 0.6 is 11.3 Å². The fraction of sp³-hybridized carbons (Fsp3) is 0. The van der Waals surface area contributed by atoms with E-state index in [1.165, 1.54) is 23.6 Å². The number of rotatable bonds is 0. The SMILES string of the molecule is O=c1c2ncccc2c(=O)c2c1c(O)cc1sc3ccccc3[nH]c12. The molecule has 0 radical (unpaired) electrons. The summed E-state index contributed by atoms with van der Waals surface area (Å²) in [5, 5.41) is 10.9. The molecule has 5 aromatic rings. The number of nitrogens with zero attached hydrogens (tertiary/aromatic N) is 1. The molecule has 0 aliphatic heterocycles. The van der Waals surface area contributed by atoms with E-state index >= 15 is 0 Å². The van der Waals surface area contributed by atoms with Crippen LogP contribution in [0.25, 0.3) is 42.1 Å². The fourth-order valence-corrected chi connectivity index (χ4v) is 4.28. The fourth-order valence-electron chi connectivity index (χ4n) is 3.24. The summed E-state index contributed by atoms with van der Waals surface area (Å²) in [5.74, 6) is -0.197. The van der Waals surface area contributed by atoms with Gasteiger partial charge in [-0.2, -0.15) is 0 Å². The van der Waals surface area contributed by atoms with Crippen molar-refractivity contribution in [2.45, 2.75) is 0 Å². The van der Waals surface area contributed by atoms with E-state index in [1.54, 1.807) is 12.1 Å². The first kappa shape index (κ1) is 14.1. The summed E-state index contributed by atoms with van der Waals surface area (Å²) < 4.78 is 1.70. The van der Waals surface area contributed by atoms with Gasteiger partial charge in [0.15, 0.2) is 5.43 Å². The lowest BCUT2D eigenvalue weighted by molar-refractivity contribution is 0.482. The van der Waals surface area contributed by atoms with Gasteiger partial charge in [0, 0.05) is 12.3 Å². The van der Waals surface area contributed by atoms with Crippen molar-refractivity contribution in [1.82, 2.24) is 9.97 Å². The van der Waals surface area contributed by atoms with E-state index in [0.717, 1.165) is 10.2 Å². The molecule has 2 aromatic heterocycles. The number of nitrogens with one attached hydrogen (secondary N) is 1. The van der Waals surface area contributed by atoms with E-state index in [9.17, 15) is 14.7 Å². The number of aromatic nitrogens is 2. The highest BCUT2D eigenvalue weighted by atomic mass is 32.1. The van der Waals surface area contributed by atoms with E-state index in [0.29, 0.717) is 10.2 Å². The topological polar surface area (TPSA) is 83.1 Å². The Kier molecular flexibility index (Phi) is 2.75. The number of aromatic hydroxyl groups is 1. The van der Waals surface area contributed by atoms with Gasteiger partial charge >= 0.3 is 0 Å². The molecule has 5 rings (SSSR count). The highest BCUT2D eigenvalue weighted by molar-refractivity contribution is 7.24. The molecule has 0 amide bonds. The van der Waals surface area contributed by atoms with Gasteiger partial charge in [-0.05, 0) is 24.3 Å². The Morgan fingerprint density at radius 1 is 0.960 bits per heavy atom. The van der Waals surface area contributed by atoms with Gasteiger partial charge in [0.2, 0.25) is 5.43 Å². The zero-order valence-corrected chi connectivity index (χ0v) is 13.6. The van der Waals surface area contributed by atoms with Crippen LogP contribution in [0, 0.1) is 0 Å². The summed E-state index contributed by atoms with van der Waals surface area (Å²) in [4.78, 5) is 33.1. The second kappa shape index (κ2) is 4.87. The summed E-state index contributed by atoms with van der Waals surface area (Å²) >= 11 is 1.45. The molecule has 25 heavy (non-hydrogen) atoms. The smallest absolute Gasteiger partial charge is 0.216 e. The van der Waals surface area contributed by atoms with Crippen molar-refractivity contribution in [3.8, 4) is 5.75 Å². The maximum absolute atomic E-state index is 13.0. The molecular formula is C19H10N2O3S. The first-order valence-electron chi connectivity index (χ1n) is 7.63. The van der Waals surface area contributed by atoms with E-state index in [-0.39, 0.29) is 32.9 Å². The number of para-hydroxylation sites is 1. The van der Waals surface area contributed by atoms with Crippen LogP contribution in [0.4, 0.5) is 0 Å². The minimum atomic E-state index is -0.434. The Hall–Kier alpha value is -3.25. The molecule has 0 unspecified atom stereocenters. The number of aromatic amines is 1. The molecule has 6 heteroatoms. The number of hydrogen-bond donors (Lipinski definition) is 2. The third kappa shape index (κ3) is 1.85. The molecule has 2 N–H and O–H groups in total. The average molecular weight is 346 g/mol. The summed E-state index contributed by atoms with van der Waals surface area (Å²) in [6, 6.07) is 12.4. The van der Waals surface area contributed by atoms with Crippen LogP contribution < -0.4 is 10.9 Å². The van der Waals surface area contributed by atoms with Gasteiger partial charge < -0.3 is 10.1 Å². The first-order chi connectivity index (χ1) is 12.1. The lowest BCUT2D eigenvalue weighted by Crippen LogP contribution is -2.14. The Morgan fingerprint density at radius 2 is 1.80 bits per heavy atom. The Labute approximate surface area is 143 Å². The van der Waals surface area contributed by atoms with Crippen molar-refractivity contribution >= 4 is 53.4 Å². The average Bonchev–Trinajstić information content (AvgIpc) is 2.64. The predicted molar refractivity (Wildman–Crippen MR) is 101 cm³/mol. The number of fused-ring (bicyclic) bond motifs is 5. The van der Waals surface area contributed by atoms with Crippen molar-refractivity contribution < 1.29 is 5.11 Å². The molecule has 0 spiro atoms. The molecule has 0 atom stereocenters. The molecule has 0 bridgehead atoms. The first-order valence-corrected chi connectivity index (χ1v) is 8.45. The zero-order valence-electron chi connectivity index (χ0n) is 12.7. The third-order valence-electron chi connectivity index (χ3n) is 4.36. The lowest BCUT2D eigenvalue weighted by atomic mass is 10.0. The molecule has 0 aliphatic rings. The number of H-pyrrole nitrogens is 1. The quantitative estimate of drug-likeness (QED) is 0.332. The van der Waals surface area contributed by atoms with Gasteiger partial charge in [-0.25, -0.2) is 0 Å². The molecule has 2 heterocycles. The van der Waals surface area contributed by atoms with Crippen LogP contribution in [-0.2, 0) is 0 Å². The normalized spacial score (nSPS) is 11.7. The van der Waals surface area contributed by atoms with Crippen molar-refractivity contribution in [3.63, 3.8) is 0 Å². The summed E-state index contributed by atoms with van der Waals surface area (Å²) in [7, 11) is 0. The van der Waals surface area contributed by atoms with Gasteiger partial charge in [-0.15, -0.1) is 11.3 Å². The van der Waals surface area contributed by atoms with Gasteiger partial charge in [0.05, 0.1) is 36.6 Å². The Bertz CT molecular complexity index is 1450. The number of phenolic OH excluding ortho intramolecular Hbond substituents is 1. The largest absolute Gasteiger partial charge is 0.507 e. The Morgan fingerprint density at radius 3 is 2.68 bits per heavy atom. The minimum absolute atomic E-state index is 0.0161. The number of benzene rings is 3. The number of hydrogen-bond acceptors (Lipinski definition) is 5. The van der Waals surface area contributed by atoms with Gasteiger partial charge in [-0.1, -0.05) is 12.1 Å². The van der Waals surface area contributed by atoms with Crippen LogP contribution in [0.5, 0.6) is 5.75 Å². The molecule has 5 nitrogen and oxygen atoms in total. The second-order valence-electron chi connectivity index (χ2n) is 5.80. The van der Waals surface area contributed by atoms with Crippen LogP contribution in [0.3, 0.4) is 0 Å². The van der Waals surface area contributed by atoms with E-state index in [1.807, 2.05) is 24.3 Å². The van der Waals surface area contributed by atoms with Crippen LogP contribution in [-0.4, -0.2) is 15.1 Å². The van der Waals surface area contributed by atoms with Crippen LogP contribution in [0.2, 0.25) is 0 Å². The monoisotopic (exact) mass is 346 g/mol. The number of pyridine rings is 1. The molecule has 3 aromatic carbocycles.